The highest BCUT2D eigenvalue weighted by Crippen LogP contribution is 2.37. The van der Waals surface area contributed by atoms with Gasteiger partial charge in [-0.1, -0.05) is 37.5 Å². The number of rotatable bonds is 10. The number of esters is 1. The molecule has 0 aliphatic heterocycles. The zero-order chi connectivity index (χ0) is 30.3. The minimum absolute atomic E-state index is 0.0141. The highest BCUT2D eigenvalue weighted by Gasteiger charge is 2.36. The van der Waals surface area contributed by atoms with Crippen LogP contribution in [0.2, 0.25) is 0 Å². The van der Waals surface area contributed by atoms with Gasteiger partial charge in [-0.05, 0) is 60.9 Å². The van der Waals surface area contributed by atoms with Crippen LogP contribution in [0.15, 0.2) is 72.9 Å². The van der Waals surface area contributed by atoms with Crippen LogP contribution in [-0.2, 0) is 20.7 Å². The number of hydrogen-bond acceptors (Lipinski definition) is 6. The standard InChI is InChI=1S/C34H37N3O6/c1-41-26-17-18-28(30(20-26)42-2)32(33(39)36-24-9-5-4-6-10-24)37(25-15-13-22(14-16-25)34(40)43-3)31(38)19-23-21-35-29-12-8-7-11-27(23)29/h7-8,11-18,20-21,24,32,35H,4-6,9-10,19H2,1-3H3,(H,36,39)/t32-/m0/s1. The zero-order valence-corrected chi connectivity index (χ0v) is 24.7. The fourth-order valence-corrected chi connectivity index (χ4v) is 5.81. The average Bonchev–Trinajstić information content (AvgIpc) is 3.45. The molecular formula is C34H37N3O6. The van der Waals surface area contributed by atoms with E-state index in [1.165, 1.54) is 19.1 Å². The van der Waals surface area contributed by atoms with E-state index in [9.17, 15) is 14.4 Å². The van der Waals surface area contributed by atoms with Gasteiger partial charge in [-0.15, -0.1) is 0 Å². The first-order valence-electron chi connectivity index (χ1n) is 14.5. The van der Waals surface area contributed by atoms with Crippen molar-refractivity contribution in [3.63, 3.8) is 0 Å². The number of amides is 2. The van der Waals surface area contributed by atoms with Crippen LogP contribution in [0.25, 0.3) is 10.9 Å². The molecule has 2 N–H and O–H groups in total. The lowest BCUT2D eigenvalue weighted by molar-refractivity contribution is -0.127. The Morgan fingerprint density at radius 1 is 0.930 bits per heavy atom. The summed E-state index contributed by atoms with van der Waals surface area (Å²) >= 11 is 0. The molecule has 3 aromatic carbocycles. The molecule has 1 aliphatic carbocycles. The van der Waals surface area contributed by atoms with Gasteiger partial charge in [-0.2, -0.15) is 0 Å². The van der Waals surface area contributed by atoms with Gasteiger partial charge >= 0.3 is 5.97 Å². The number of H-pyrrole nitrogens is 1. The second kappa shape index (κ2) is 13.5. The van der Waals surface area contributed by atoms with Crippen LogP contribution in [0, 0.1) is 0 Å². The second-order valence-electron chi connectivity index (χ2n) is 10.7. The van der Waals surface area contributed by atoms with Crippen molar-refractivity contribution in [1.82, 2.24) is 10.3 Å². The fraction of sp³-hybridized carbons (Fsp3) is 0.324. The summed E-state index contributed by atoms with van der Waals surface area (Å²) < 4.78 is 16.0. The van der Waals surface area contributed by atoms with E-state index in [0.29, 0.717) is 28.3 Å². The van der Waals surface area contributed by atoms with E-state index in [4.69, 9.17) is 14.2 Å². The monoisotopic (exact) mass is 583 g/mol. The molecule has 1 aliphatic rings. The highest BCUT2D eigenvalue weighted by atomic mass is 16.5. The van der Waals surface area contributed by atoms with Crippen molar-refractivity contribution in [1.29, 1.82) is 0 Å². The Labute approximate surface area is 251 Å². The molecule has 9 heteroatoms. The third-order valence-corrected chi connectivity index (χ3v) is 8.05. The van der Waals surface area contributed by atoms with Gasteiger partial charge in [0.05, 0.1) is 33.3 Å². The number of nitrogens with zero attached hydrogens (tertiary/aromatic N) is 1. The Morgan fingerprint density at radius 2 is 1.67 bits per heavy atom. The summed E-state index contributed by atoms with van der Waals surface area (Å²) in [6.45, 7) is 0. The number of methoxy groups -OCH3 is 3. The molecular weight excluding hydrogens is 546 g/mol. The molecule has 1 fully saturated rings. The van der Waals surface area contributed by atoms with Crippen LogP contribution in [0.3, 0.4) is 0 Å². The fourth-order valence-electron chi connectivity index (χ4n) is 5.81. The Bertz CT molecular complexity index is 1590. The Hall–Kier alpha value is -4.79. The summed E-state index contributed by atoms with van der Waals surface area (Å²) in [7, 11) is 4.40. The largest absolute Gasteiger partial charge is 0.497 e. The number of benzene rings is 3. The maximum atomic E-state index is 14.4. The van der Waals surface area contributed by atoms with Crippen LogP contribution in [0.1, 0.15) is 59.6 Å². The van der Waals surface area contributed by atoms with Gasteiger partial charge in [0.25, 0.3) is 0 Å². The van der Waals surface area contributed by atoms with Crippen LogP contribution >= 0.6 is 0 Å². The normalized spacial score (nSPS) is 14.1. The number of hydrogen-bond donors (Lipinski definition) is 2. The lowest BCUT2D eigenvalue weighted by Gasteiger charge is -2.34. The molecule has 1 heterocycles. The van der Waals surface area contributed by atoms with Crippen molar-refractivity contribution in [2.75, 3.05) is 26.2 Å². The van der Waals surface area contributed by atoms with Crippen LogP contribution in [-0.4, -0.2) is 50.1 Å². The van der Waals surface area contributed by atoms with E-state index in [0.717, 1.165) is 48.6 Å². The molecule has 5 rings (SSSR count). The predicted molar refractivity (Wildman–Crippen MR) is 165 cm³/mol. The molecule has 2 amide bonds. The van der Waals surface area contributed by atoms with Crippen molar-refractivity contribution < 1.29 is 28.6 Å². The topological polar surface area (TPSA) is 110 Å². The predicted octanol–water partition coefficient (Wildman–Crippen LogP) is 5.74. The van der Waals surface area contributed by atoms with Crippen molar-refractivity contribution in [2.45, 2.75) is 50.6 Å². The Kier molecular flexibility index (Phi) is 9.29. The van der Waals surface area contributed by atoms with Crippen molar-refractivity contribution in [3.05, 3.63) is 89.6 Å². The van der Waals surface area contributed by atoms with Gasteiger partial charge in [0.15, 0.2) is 0 Å². The third kappa shape index (κ3) is 6.51. The summed E-state index contributed by atoms with van der Waals surface area (Å²) in [4.78, 5) is 45.7. The lowest BCUT2D eigenvalue weighted by Crippen LogP contribution is -2.47. The van der Waals surface area contributed by atoms with E-state index in [1.807, 2.05) is 30.5 Å². The molecule has 43 heavy (non-hydrogen) atoms. The van der Waals surface area contributed by atoms with Crippen LogP contribution in [0.4, 0.5) is 5.69 Å². The number of fused-ring (bicyclic) bond motifs is 1. The molecule has 9 nitrogen and oxygen atoms in total. The van der Waals surface area contributed by atoms with E-state index < -0.39 is 12.0 Å². The first-order valence-corrected chi connectivity index (χ1v) is 14.5. The molecule has 1 atom stereocenters. The summed E-state index contributed by atoms with van der Waals surface area (Å²) in [5.41, 5.74) is 3.04. The van der Waals surface area contributed by atoms with Gasteiger partial charge in [0, 0.05) is 40.5 Å². The maximum Gasteiger partial charge on any atom is 0.337 e. The Balaban J connectivity index is 1.62. The summed E-state index contributed by atoms with van der Waals surface area (Å²) in [6.07, 6.45) is 6.86. The van der Waals surface area contributed by atoms with Crippen molar-refractivity contribution in [3.8, 4) is 11.5 Å². The van der Waals surface area contributed by atoms with Crippen LogP contribution in [0.5, 0.6) is 11.5 Å². The molecule has 0 unspecified atom stereocenters. The van der Waals surface area contributed by atoms with E-state index in [2.05, 4.69) is 10.3 Å². The average molecular weight is 584 g/mol. The van der Waals surface area contributed by atoms with Gasteiger partial charge in [-0.25, -0.2) is 4.79 Å². The van der Waals surface area contributed by atoms with Crippen molar-refractivity contribution >= 4 is 34.4 Å². The van der Waals surface area contributed by atoms with Gasteiger partial charge < -0.3 is 24.5 Å². The molecule has 0 bridgehead atoms. The smallest absolute Gasteiger partial charge is 0.337 e. The number of ether oxygens (including phenoxy) is 3. The summed E-state index contributed by atoms with van der Waals surface area (Å²) in [5, 5.41) is 4.16. The molecule has 0 saturated heterocycles. The van der Waals surface area contributed by atoms with E-state index in [1.54, 1.807) is 49.6 Å². The SMILES string of the molecule is COC(=O)c1ccc(N(C(=O)Cc2c[nH]c3ccccc23)[C@H](C(=O)NC2CCCCC2)c2ccc(OC)cc2OC)cc1. The first-order chi connectivity index (χ1) is 20.9. The second-order valence-corrected chi connectivity index (χ2v) is 10.7. The van der Waals surface area contributed by atoms with Gasteiger partial charge in [0.2, 0.25) is 11.8 Å². The molecule has 4 aromatic rings. The van der Waals surface area contributed by atoms with Crippen LogP contribution < -0.4 is 19.7 Å². The number of aromatic amines is 1. The maximum absolute atomic E-state index is 14.4. The van der Waals surface area contributed by atoms with E-state index in [-0.39, 0.29) is 24.3 Å². The third-order valence-electron chi connectivity index (χ3n) is 8.05. The minimum atomic E-state index is -1.07. The molecule has 224 valence electrons. The number of carbonyl (C=O) groups is 3. The minimum Gasteiger partial charge on any atom is -0.497 e. The highest BCUT2D eigenvalue weighted by molar-refractivity contribution is 6.04. The number of para-hydroxylation sites is 1. The van der Waals surface area contributed by atoms with Gasteiger partial charge in [0.1, 0.15) is 17.5 Å². The lowest BCUT2D eigenvalue weighted by atomic mass is 9.94. The quantitative estimate of drug-likeness (QED) is 0.231. The van der Waals surface area contributed by atoms with E-state index >= 15 is 0 Å². The number of nitrogens with one attached hydrogen (secondary N) is 2. The summed E-state index contributed by atoms with van der Waals surface area (Å²) in [5.74, 6) is -0.117. The number of carbonyl (C=O) groups excluding carboxylic acids is 3. The number of aromatic nitrogens is 1. The zero-order valence-electron chi connectivity index (χ0n) is 24.7. The first kappa shape index (κ1) is 29.7. The Morgan fingerprint density at radius 3 is 2.37 bits per heavy atom. The van der Waals surface area contributed by atoms with Crippen molar-refractivity contribution in [2.24, 2.45) is 0 Å². The number of anilines is 1. The molecule has 1 aromatic heterocycles. The molecule has 0 spiro atoms. The molecule has 1 saturated carbocycles. The van der Waals surface area contributed by atoms with Gasteiger partial charge in [-0.3, -0.25) is 14.5 Å². The molecule has 0 radical (unpaired) electrons. The summed E-state index contributed by atoms with van der Waals surface area (Å²) in [6, 6.07) is 18.5.